The number of hydrogen-bond donors (Lipinski definition) is 1. The minimum absolute atomic E-state index is 0.234. The van der Waals surface area contributed by atoms with Crippen LogP contribution in [0.2, 0.25) is 0 Å². The number of nitrogens with zero attached hydrogens (tertiary/aromatic N) is 3. The number of nitrogens with two attached hydrogens (primary N) is 1. The lowest BCUT2D eigenvalue weighted by Crippen LogP contribution is -2.14. The summed E-state index contributed by atoms with van der Waals surface area (Å²) in [6.45, 7) is 0. The van der Waals surface area contributed by atoms with Gasteiger partial charge < -0.3 is 5.73 Å². The molecule has 2 aromatic heterocycles. The van der Waals surface area contributed by atoms with Gasteiger partial charge in [0.1, 0.15) is 5.69 Å². The summed E-state index contributed by atoms with van der Waals surface area (Å²) in [4.78, 5) is 14.9. The van der Waals surface area contributed by atoms with Gasteiger partial charge in [-0.05, 0) is 18.2 Å². The van der Waals surface area contributed by atoms with E-state index in [0.29, 0.717) is 5.82 Å². The van der Waals surface area contributed by atoms with Crippen LogP contribution in [0, 0.1) is 0 Å². The molecule has 70 valence electrons. The lowest BCUT2D eigenvalue weighted by molar-refractivity contribution is 0.0995. The maximum Gasteiger partial charge on any atom is 0.267 e. The largest absolute Gasteiger partial charge is 0.364 e. The molecule has 0 radical (unpaired) electrons. The first-order valence-corrected chi connectivity index (χ1v) is 4.04. The Balaban J connectivity index is 2.46. The first-order chi connectivity index (χ1) is 6.77. The van der Waals surface area contributed by atoms with Crippen LogP contribution in [0.4, 0.5) is 0 Å². The molecule has 1 amide bonds. The lowest BCUT2D eigenvalue weighted by Gasteiger charge is -2.00. The van der Waals surface area contributed by atoms with Crippen LogP contribution in [-0.2, 0) is 0 Å². The quantitative estimate of drug-likeness (QED) is 0.739. The van der Waals surface area contributed by atoms with Crippen molar-refractivity contribution in [1.29, 1.82) is 0 Å². The van der Waals surface area contributed by atoms with Gasteiger partial charge in [0, 0.05) is 12.4 Å². The second-order valence-electron chi connectivity index (χ2n) is 2.70. The summed E-state index contributed by atoms with van der Waals surface area (Å²) < 4.78 is 1.56. The third-order valence-electron chi connectivity index (χ3n) is 1.73. The Kier molecular flexibility index (Phi) is 1.98. The van der Waals surface area contributed by atoms with Gasteiger partial charge >= 0.3 is 0 Å². The highest BCUT2D eigenvalue weighted by atomic mass is 16.1. The predicted molar refractivity (Wildman–Crippen MR) is 49.9 cm³/mol. The highest BCUT2D eigenvalue weighted by Gasteiger charge is 2.03. The highest BCUT2D eigenvalue weighted by Crippen LogP contribution is 2.03. The van der Waals surface area contributed by atoms with Crippen molar-refractivity contribution in [3.8, 4) is 5.82 Å². The molecular weight excluding hydrogens is 180 g/mol. The van der Waals surface area contributed by atoms with E-state index in [1.165, 1.54) is 0 Å². The number of aromatic nitrogens is 3. The molecule has 0 saturated heterocycles. The lowest BCUT2D eigenvalue weighted by atomic mass is 10.3. The zero-order chi connectivity index (χ0) is 9.97. The molecule has 0 aromatic carbocycles. The fourth-order valence-electron chi connectivity index (χ4n) is 1.09. The smallest absolute Gasteiger partial charge is 0.267 e. The zero-order valence-corrected chi connectivity index (χ0v) is 7.29. The fourth-order valence-corrected chi connectivity index (χ4v) is 1.09. The van der Waals surface area contributed by atoms with Gasteiger partial charge in [0.25, 0.3) is 5.91 Å². The van der Waals surface area contributed by atoms with Gasteiger partial charge in [-0.25, -0.2) is 9.67 Å². The molecule has 2 heterocycles. The summed E-state index contributed by atoms with van der Waals surface area (Å²) in [5.74, 6) is 0.0327. The van der Waals surface area contributed by atoms with Gasteiger partial charge in [0.15, 0.2) is 5.82 Å². The van der Waals surface area contributed by atoms with E-state index in [0.717, 1.165) is 0 Å². The number of carbonyl (C=O) groups excluding carboxylic acids is 1. The molecule has 0 spiro atoms. The Labute approximate surface area is 80.2 Å². The van der Waals surface area contributed by atoms with E-state index in [1.54, 1.807) is 41.3 Å². The summed E-state index contributed by atoms with van der Waals surface area (Å²) in [6.07, 6.45) is 3.38. The molecule has 2 rings (SSSR count). The summed E-state index contributed by atoms with van der Waals surface area (Å²) in [6, 6.07) is 6.80. The topological polar surface area (TPSA) is 73.8 Å². The number of hydrogen-bond acceptors (Lipinski definition) is 3. The predicted octanol–water partition coefficient (Wildman–Crippen LogP) is 0.366. The molecule has 2 aromatic rings. The van der Waals surface area contributed by atoms with Crippen LogP contribution in [0.5, 0.6) is 0 Å². The van der Waals surface area contributed by atoms with Crippen LogP contribution < -0.4 is 5.73 Å². The van der Waals surface area contributed by atoms with Crippen molar-refractivity contribution < 1.29 is 4.79 Å². The summed E-state index contributed by atoms with van der Waals surface area (Å²) >= 11 is 0. The van der Waals surface area contributed by atoms with Gasteiger partial charge in [-0.1, -0.05) is 6.07 Å². The van der Waals surface area contributed by atoms with E-state index >= 15 is 0 Å². The van der Waals surface area contributed by atoms with Crippen molar-refractivity contribution in [3.05, 3.63) is 42.4 Å². The Hall–Kier alpha value is -2.17. The molecule has 14 heavy (non-hydrogen) atoms. The van der Waals surface area contributed by atoms with Crippen LogP contribution in [0.25, 0.3) is 5.82 Å². The van der Waals surface area contributed by atoms with Crippen LogP contribution >= 0.6 is 0 Å². The first-order valence-electron chi connectivity index (χ1n) is 4.04. The van der Waals surface area contributed by atoms with Gasteiger partial charge in [-0.15, -0.1) is 0 Å². The Morgan fingerprint density at radius 2 is 2.21 bits per heavy atom. The van der Waals surface area contributed by atoms with E-state index in [-0.39, 0.29) is 5.69 Å². The number of amides is 1. The first kappa shape index (κ1) is 8.43. The van der Waals surface area contributed by atoms with Gasteiger partial charge in [0.05, 0.1) is 0 Å². The molecule has 0 aliphatic rings. The van der Waals surface area contributed by atoms with Crippen LogP contribution in [0.1, 0.15) is 10.5 Å². The minimum atomic E-state index is -0.543. The second-order valence-corrected chi connectivity index (χ2v) is 2.70. The maximum atomic E-state index is 10.9. The highest BCUT2D eigenvalue weighted by molar-refractivity contribution is 5.90. The average molecular weight is 188 g/mol. The Bertz CT molecular complexity index is 450. The zero-order valence-electron chi connectivity index (χ0n) is 7.29. The molecule has 0 fully saturated rings. The summed E-state index contributed by atoms with van der Waals surface area (Å²) in [7, 11) is 0. The molecule has 5 nitrogen and oxygen atoms in total. The third-order valence-corrected chi connectivity index (χ3v) is 1.73. The molecule has 0 bridgehead atoms. The van der Waals surface area contributed by atoms with E-state index in [1.807, 2.05) is 0 Å². The average Bonchev–Trinajstić information content (AvgIpc) is 2.71. The van der Waals surface area contributed by atoms with E-state index in [4.69, 9.17) is 5.73 Å². The Morgan fingerprint density at radius 1 is 1.36 bits per heavy atom. The number of primary amides is 1. The molecule has 0 saturated carbocycles. The van der Waals surface area contributed by atoms with E-state index < -0.39 is 5.91 Å². The van der Waals surface area contributed by atoms with Crippen LogP contribution in [0.15, 0.2) is 36.7 Å². The molecular formula is C9H8N4O. The number of rotatable bonds is 2. The van der Waals surface area contributed by atoms with Crippen LogP contribution in [-0.4, -0.2) is 20.7 Å². The third kappa shape index (κ3) is 1.47. The molecule has 5 heteroatoms. The summed E-state index contributed by atoms with van der Waals surface area (Å²) in [5, 5.41) is 3.99. The molecule has 0 unspecified atom stereocenters. The van der Waals surface area contributed by atoms with Crippen molar-refractivity contribution in [2.45, 2.75) is 0 Å². The van der Waals surface area contributed by atoms with E-state index in [9.17, 15) is 4.79 Å². The minimum Gasteiger partial charge on any atom is -0.364 e. The van der Waals surface area contributed by atoms with Gasteiger partial charge in [-0.2, -0.15) is 5.10 Å². The maximum absolute atomic E-state index is 10.9. The van der Waals surface area contributed by atoms with Crippen molar-refractivity contribution in [2.24, 2.45) is 5.73 Å². The molecule has 0 aliphatic heterocycles. The van der Waals surface area contributed by atoms with Gasteiger partial charge in [0.2, 0.25) is 0 Å². The number of carbonyl (C=O) groups is 1. The monoisotopic (exact) mass is 188 g/mol. The SMILES string of the molecule is NC(=O)c1cccc(-n2cccn2)n1. The van der Waals surface area contributed by atoms with Gasteiger partial charge in [-0.3, -0.25) is 4.79 Å². The van der Waals surface area contributed by atoms with E-state index in [2.05, 4.69) is 10.1 Å². The molecule has 0 aliphatic carbocycles. The normalized spacial score (nSPS) is 10.0. The Morgan fingerprint density at radius 3 is 2.86 bits per heavy atom. The molecule has 0 atom stereocenters. The summed E-state index contributed by atoms with van der Waals surface area (Å²) in [5.41, 5.74) is 5.34. The van der Waals surface area contributed by atoms with Crippen molar-refractivity contribution in [3.63, 3.8) is 0 Å². The van der Waals surface area contributed by atoms with Crippen molar-refractivity contribution >= 4 is 5.91 Å². The van der Waals surface area contributed by atoms with Crippen molar-refractivity contribution in [2.75, 3.05) is 0 Å². The second kappa shape index (κ2) is 3.29. The standard InChI is InChI=1S/C9H8N4O/c10-9(14)7-3-1-4-8(12-7)13-6-2-5-11-13/h1-6H,(H2,10,14). The van der Waals surface area contributed by atoms with Crippen LogP contribution in [0.3, 0.4) is 0 Å². The number of pyridine rings is 1. The molecule has 2 N–H and O–H groups in total. The van der Waals surface area contributed by atoms with Crippen molar-refractivity contribution in [1.82, 2.24) is 14.8 Å². The fraction of sp³-hybridized carbons (Fsp3) is 0.